The van der Waals surface area contributed by atoms with E-state index in [1.165, 1.54) is 5.70 Å². The van der Waals surface area contributed by atoms with Gasteiger partial charge in [-0.15, -0.1) is 0 Å². The summed E-state index contributed by atoms with van der Waals surface area (Å²) in [4.78, 5) is 0. The van der Waals surface area contributed by atoms with Gasteiger partial charge in [0.25, 0.3) is 0 Å². The number of allylic oxidation sites excluding steroid dienone is 2. The second-order valence-electron chi connectivity index (χ2n) is 1.88. The van der Waals surface area contributed by atoms with E-state index in [4.69, 9.17) is 0 Å². The predicted molar refractivity (Wildman–Crippen MR) is 34.0 cm³/mol. The molecule has 0 atom stereocenters. The Labute approximate surface area is 49.3 Å². The standard InChI is InChI=1S/C6H10N2/c1-5-3-6(2)8-4-7-5/h3,7-8H,1,4H2,2H3. The van der Waals surface area contributed by atoms with Gasteiger partial charge in [0.05, 0.1) is 6.67 Å². The van der Waals surface area contributed by atoms with E-state index in [0.29, 0.717) is 0 Å². The third kappa shape index (κ3) is 1.03. The molecule has 0 spiro atoms. The van der Waals surface area contributed by atoms with Crippen LogP contribution in [0.4, 0.5) is 0 Å². The SMILES string of the molecule is C=C1C=C(C)NCN1. The van der Waals surface area contributed by atoms with Crippen LogP contribution >= 0.6 is 0 Å². The largest absolute Gasteiger partial charge is 0.371 e. The number of hydrogen-bond acceptors (Lipinski definition) is 2. The molecule has 0 fully saturated rings. The number of hydrogen-bond donors (Lipinski definition) is 2. The van der Waals surface area contributed by atoms with Gasteiger partial charge in [-0.25, -0.2) is 0 Å². The summed E-state index contributed by atoms with van der Waals surface area (Å²) in [5.74, 6) is 0. The van der Waals surface area contributed by atoms with Crippen molar-refractivity contribution >= 4 is 0 Å². The first-order valence-electron chi connectivity index (χ1n) is 2.64. The lowest BCUT2D eigenvalue weighted by molar-refractivity contribution is 0.690. The molecule has 0 unspecified atom stereocenters. The second-order valence-corrected chi connectivity index (χ2v) is 1.88. The van der Waals surface area contributed by atoms with Crippen molar-refractivity contribution in [1.29, 1.82) is 0 Å². The van der Waals surface area contributed by atoms with E-state index in [-0.39, 0.29) is 0 Å². The minimum absolute atomic E-state index is 0.807. The van der Waals surface area contributed by atoms with E-state index in [9.17, 15) is 0 Å². The summed E-state index contributed by atoms with van der Waals surface area (Å²) in [7, 11) is 0. The molecule has 1 aliphatic heterocycles. The first-order chi connectivity index (χ1) is 3.79. The molecule has 0 amide bonds. The summed E-state index contributed by atoms with van der Waals surface area (Å²) in [6.07, 6.45) is 1.98. The van der Waals surface area contributed by atoms with Crippen LogP contribution < -0.4 is 10.6 Å². The molecule has 1 rings (SSSR count). The molecule has 2 heteroatoms. The zero-order valence-electron chi connectivity index (χ0n) is 4.99. The van der Waals surface area contributed by atoms with Gasteiger partial charge in [-0.3, -0.25) is 0 Å². The Bertz CT molecular complexity index is 135. The molecule has 0 aliphatic carbocycles. The lowest BCUT2D eigenvalue weighted by Crippen LogP contribution is -2.30. The van der Waals surface area contributed by atoms with E-state index in [2.05, 4.69) is 17.2 Å². The molecular weight excluding hydrogens is 100 g/mol. The van der Waals surface area contributed by atoms with Crippen molar-refractivity contribution in [3.63, 3.8) is 0 Å². The van der Waals surface area contributed by atoms with Crippen LogP contribution in [0.25, 0.3) is 0 Å². The van der Waals surface area contributed by atoms with Crippen LogP contribution in [0, 0.1) is 0 Å². The van der Waals surface area contributed by atoms with Crippen molar-refractivity contribution < 1.29 is 0 Å². The van der Waals surface area contributed by atoms with Gasteiger partial charge in [-0.1, -0.05) is 6.58 Å². The maximum atomic E-state index is 3.74. The fourth-order valence-corrected chi connectivity index (χ4v) is 0.661. The summed E-state index contributed by atoms with van der Waals surface area (Å²) >= 11 is 0. The zero-order valence-corrected chi connectivity index (χ0v) is 4.99. The van der Waals surface area contributed by atoms with E-state index < -0.39 is 0 Å². The van der Waals surface area contributed by atoms with Crippen molar-refractivity contribution in [2.24, 2.45) is 0 Å². The highest BCUT2D eigenvalue weighted by Crippen LogP contribution is 1.96. The molecule has 0 aromatic carbocycles. The smallest absolute Gasteiger partial charge is 0.0846 e. The molecule has 0 saturated heterocycles. The number of rotatable bonds is 0. The molecule has 0 aromatic heterocycles. The minimum Gasteiger partial charge on any atom is -0.371 e. The highest BCUT2D eigenvalue weighted by Gasteiger charge is 1.95. The van der Waals surface area contributed by atoms with Gasteiger partial charge in [0.2, 0.25) is 0 Å². The van der Waals surface area contributed by atoms with Gasteiger partial charge in [-0.2, -0.15) is 0 Å². The Balaban J connectivity index is 2.64. The quantitative estimate of drug-likeness (QED) is 0.476. The normalized spacial score (nSPS) is 18.6. The highest BCUT2D eigenvalue weighted by atomic mass is 15.1. The van der Waals surface area contributed by atoms with E-state index in [1.54, 1.807) is 0 Å². The molecule has 0 radical (unpaired) electrons. The van der Waals surface area contributed by atoms with Crippen LogP contribution in [0.5, 0.6) is 0 Å². The predicted octanol–water partition coefficient (Wildman–Crippen LogP) is 0.554. The third-order valence-corrected chi connectivity index (χ3v) is 1.07. The summed E-state index contributed by atoms with van der Waals surface area (Å²) in [5.41, 5.74) is 2.16. The Morgan fingerprint density at radius 3 is 2.75 bits per heavy atom. The van der Waals surface area contributed by atoms with Gasteiger partial charge in [-0.05, 0) is 13.0 Å². The van der Waals surface area contributed by atoms with Crippen molar-refractivity contribution in [2.75, 3.05) is 6.67 Å². The Hall–Kier alpha value is -0.920. The van der Waals surface area contributed by atoms with Crippen LogP contribution in [-0.4, -0.2) is 6.67 Å². The van der Waals surface area contributed by atoms with Crippen LogP contribution in [0.2, 0.25) is 0 Å². The topological polar surface area (TPSA) is 24.1 Å². The molecule has 0 bridgehead atoms. The molecule has 44 valence electrons. The van der Waals surface area contributed by atoms with Crippen LogP contribution in [0.1, 0.15) is 6.92 Å². The fourth-order valence-electron chi connectivity index (χ4n) is 0.661. The average Bonchev–Trinajstić information content (AvgIpc) is 1.64. The van der Waals surface area contributed by atoms with Crippen molar-refractivity contribution in [3.8, 4) is 0 Å². The molecule has 0 saturated carbocycles. The maximum Gasteiger partial charge on any atom is 0.0846 e. The molecule has 8 heavy (non-hydrogen) atoms. The highest BCUT2D eigenvalue weighted by molar-refractivity contribution is 5.19. The molecule has 1 aliphatic rings. The fraction of sp³-hybridized carbons (Fsp3) is 0.333. The molecule has 2 N–H and O–H groups in total. The van der Waals surface area contributed by atoms with Crippen LogP contribution in [0.15, 0.2) is 24.0 Å². The molecule has 1 heterocycles. The summed E-state index contributed by atoms with van der Waals surface area (Å²) in [6, 6.07) is 0. The third-order valence-electron chi connectivity index (χ3n) is 1.07. The first-order valence-corrected chi connectivity index (χ1v) is 2.64. The first kappa shape index (κ1) is 5.22. The number of nitrogens with one attached hydrogen (secondary N) is 2. The lowest BCUT2D eigenvalue weighted by Gasteiger charge is -2.15. The Morgan fingerprint density at radius 1 is 1.62 bits per heavy atom. The van der Waals surface area contributed by atoms with Crippen molar-refractivity contribution in [1.82, 2.24) is 10.6 Å². The summed E-state index contributed by atoms with van der Waals surface area (Å²) in [5, 5.41) is 6.13. The summed E-state index contributed by atoms with van der Waals surface area (Å²) in [6.45, 7) is 6.56. The molecule has 0 aromatic rings. The van der Waals surface area contributed by atoms with E-state index in [1.807, 2.05) is 13.0 Å². The van der Waals surface area contributed by atoms with E-state index in [0.717, 1.165) is 12.4 Å². The maximum absolute atomic E-state index is 3.74. The van der Waals surface area contributed by atoms with Gasteiger partial charge in [0.1, 0.15) is 0 Å². The Kier molecular flexibility index (Phi) is 1.24. The monoisotopic (exact) mass is 110 g/mol. The lowest BCUT2D eigenvalue weighted by atomic mass is 10.3. The minimum atomic E-state index is 0.807. The van der Waals surface area contributed by atoms with Gasteiger partial charge < -0.3 is 10.6 Å². The van der Waals surface area contributed by atoms with Gasteiger partial charge in [0, 0.05) is 11.4 Å². The van der Waals surface area contributed by atoms with Crippen LogP contribution in [-0.2, 0) is 0 Å². The average molecular weight is 110 g/mol. The molecular formula is C6H10N2. The second kappa shape index (κ2) is 1.90. The Morgan fingerprint density at radius 2 is 2.38 bits per heavy atom. The van der Waals surface area contributed by atoms with E-state index >= 15 is 0 Å². The van der Waals surface area contributed by atoms with Crippen molar-refractivity contribution in [2.45, 2.75) is 6.92 Å². The van der Waals surface area contributed by atoms with Gasteiger partial charge >= 0.3 is 0 Å². The summed E-state index contributed by atoms with van der Waals surface area (Å²) < 4.78 is 0. The van der Waals surface area contributed by atoms with Crippen LogP contribution in [0.3, 0.4) is 0 Å². The molecule has 2 nitrogen and oxygen atoms in total. The zero-order chi connectivity index (χ0) is 5.98. The van der Waals surface area contributed by atoms with Gasteiger partial charge in [0.15, 0.2) is 0 Å². The van der Waals surface area contributed by atoms with Crippen molar-refractivity contribution in [3.05, 3.63) is 24.0 Å².